The molecule has 1 aliphatic carbocycles. The zero-order valence-electron chi connectivity index (χ0n) is 11.8. The lowest BCUT2D eigenvalue weighted by Crippen LogP contribution is -2.24. The van der Waals surface area contributed by atoms with E-state index in [1.165, 1.54) is 12.8 Å². The van der Waals surface area contributed by atoms with Gasteiger partial charge in [-0.15, -0.1) is 5.10 Å². The third-order valence-corrected chi connectivity index (χ3v) is 4.41. The number of anilines is 2. The van der Waals surface area contributed by atoms with Gasteiger partial charge in [-0.2, -0.15) is 0 Å². The molecule has 4 rings (SSSR count). The first-order valence-electron chi connectivity index (χ1n) is 7.39. The summed E-state index contributed by atoms with van der Waals surface area (Å²) >= 11 is 0. The number of nitrogens with zero attached hydrogens (tertiary/aromatic N) is 5. The van der Waals surface area contributed by atoms with E-state index >= 15 is 0 Å². The molecular formula is C14H19N7. The van der Waals surface area contributed by atoms with Gasteiger partial charge in [0.2, 0.25) is 0 Å². The van der Waals surface area contributed by atoms with E-state index in [1.807, 2.05) is 16.8 Å². The van der Waals surface area contributed by atoms with Gasteiger partial charge in [-0.3, -0.25) is 4.90 Å². The lowest BCUT2D eigenvalue weighted by atomic mass is 10.1. The highest BCUT2D eigenvalue weighted by atomic mass is 15.6. The molecule has 0 spiro atoms. The number of benzene rings is 1. The molecule has 1 saturated carbocycles. The first kappa shape index (κ1) is 12.6. The number of hydrogen-bond donors (Lipinski definition) is 2. The van der Waals surface area contributed by atoms with E-state index in [0.717, 1.165) is 36.9 Å². The van der Waals surface area contributed by atoms with Gasteiger partial charge in [0.25, 0.3) is 0 Å². The van der Waals surface area contributed by atoms with Crippen LogP contribution in [-0.2, 0) is 0 Å². The molecule has 2 fully saturated rings. The largest absolute Gasteiger partial charge is 0.399 e. The van der Waals surface area contributed by atoms with Crippen molar-refractivity contribution >= 4 is 11.4 Å². The van der Waals surface area contributed by atoms with Gasteiger partial charge in [-0.1, -0.05) is 0 Å². The molecule has 2 aromatic rings. The average molecular weight is 285 g/mol. The molecule has 1 atom stereocenters. The van der Waals surface area contributed by atoms with Crippen molar-refractivity contribution in [1.29, 1.82) is 0 Å². The SMILES string of the molecule is Nc1ccc(-c2nnnn2C2CCN(C3CC3)C2)c(N)c1. The molecule has 7 nitrogen and oxygen atoms in total. The Hall–Kier alpha value is -2.15. The minimum atomic E-state index is 0.326. The molecule has 0 radical (unpaired) electrons. The van der Waals surface area contributed by atoms with Gasteiger partial charge in [0.1, 0.15) is 0 Å². The van der Waals surface area contributed by atoms with Crippen molar-refractivity contribution in [3.05, 3.63) is 18.2 Å². The van der Waals surface area contributed by atoms with Crippen LogP contribution in [0, 0.1) is 0 Å². The van der Waals surface area contributed by atoms with Crippen LogP contribution in [0.4, 0.5) is 11.4 Å². The van der Waals surface area contributed by atoms with Crippen molar-refractivity contribution in [1.82, 2.24) is 25.1 Å². The van der Waals surface area contributed by atoms with Crippen molar-refractivity contribution in [2.45, 2.75) is 31.3 Å². The summed E-state index contributed by atoms with van der Waals surface area (Å²) in [6, 6.07) is 6.58. The van der Waals surface area contributed by atoms with Gasteiger partial charge in [0, 0.05) is 36.1 Å². The molecular weight excluding hydrogens is 266 g/mol. The summed E-state index contributed by atoms with van der Waals surface area (Å²) in [6.45, 7) is 2.16. The normalized spacial score (nSPS) is 22.8. The van der Waals surface area contributed by atoms with Crippen LogP contribution in [0.3, 0.4) is 0 Å². The maximum Gasteiger partial charge on any atom is 0.184 e. The van der Waals surface area contributed by atoms with E-state index in [-0.39, 0.29) is 0 Å². The monoisotopic (exact) mass is 285 g/mol. The van der Waals surface area contributed by atoms with Crippen LogP contribution < -0.4 is 11.5 Å². The molecule has 1 unspecified atom stereocenters. The number of likely N-dealkylation sites (tertiary alicyclic amines) is 1. The molecule has 21 heavy (non-hydrogen) atoms. The maximum absolute atomic E-state index is 6.07. The Kier molecular flexibility index (Phi) is 2.81. The van der Waals surface area contributed by atoms with Gasteiger partial charge in [0.05, 0.1) is 6.04 Å². The Labute approximate surface area is 122 Å². The Bertz CT molecular complexity index is 661. The summed E-state index contributed by atoms with van der Waals surface area (Å²) in [5.74, 6) is 0.732. The third-order valence-electron chi connectivity index (χ3n) is 4.41. The van der Waals surface area contributed by atoms with E-state index in [4.69, 9.17) is 11.5 Å². The van der Waals surface area contributed by atoms with Crippen LogP contribution in [0.15, 0.2) is 18.2 Å². The average Bonchev–Trinajstić information content (AvgIpc) is 3.00. The second-order valence-electron chi connectivity index (χ2n) is 5.96. The third kappa shape index (κ3) is 2.23. The summed E-state index contributed by atoms with van der Waals surface area (Å²) in [7, 11) is 0. The highest BCUT2D eigenvalue weighted by Gasteiger charge is 2.36. The molecule has 7 heteroatoms. The van der Waals surface area contributed by atoms with E-state index in [1.54, 1.807) is 6.07 Å². The molecule has 1 aliphatic heterocycles. The number of aromatic nitrogens is 4. The first-order valence-corrected chi connectivity index (χ1v) is 7.39. The highest BCUT2D eigenvalue weighted by Crippen LogP contribution is 2.35. The van der Waals surface area contributed by atoms with Crippen LogP contribution in [0.1, 0.15) is 25.3 Å². The first-order chi connectivity index (χ1) is 10.2. The second kappa shape index (κ2) is 4.70. The Morgan fingerprint density at radius 1 is 1.10 bits per heavy atom. The van der Waals surface area contributed by atoms with E-state index < -0.39 is 0 Å². The van der Waals surface area contributed by atoms with Crippen molar-refractivity contribution < 1.29 is 0 Å². The number of nitrogens with two attached hydrogens (primary N) is 2. The molecule has 0 bridgehead atoms. The fourth-order valence-electron chi connectivity index (χ4n) is 3.14. The van der Waals surface area contributed by atoms with Gasteiger partial charge in [0.15, 0.2) is 5.82 Å². The molecule has 2 heterocycles. The van der Waals surface area contributed by atoms with Gasteiger partial charge < -0.3 is 11.5 Å². The minimum Gasteiger partial charge on any atom is -0.399 e. The van der Waals surface area contributed by atoms with E-state index in [0.29, 0.717) is 17.4 Å². The van der Waals surface area contributed by atoms with E-state index in [2.05, 4.69) is 20.4 Å². The number of rotatable bonds is 3. The molecule has 1 aromatic carbocycles. The Morgan fingerprint density at radius 2 is 1.95 bits per heavy atom. The van der Waals surface area contributed by atoms with Gasteiger partial charge in [-0.25, -0.2) is 4.68 Å². The van der Waals surface area contributed by atoms with Crippen LogP contribution in [0.25, 0.3) is 11.4 Å². The topological polar surface area (TPSA) is 98.9 Å². The zero-order chi connectivity index (χ0) is 14.4. The molecule has 2 aliphatic rings. The predicted octanol–water partition coefficient (Wildman–Crippen LogP) is 0.914. The smallest absolute Gasteiger partial charge is 0.184 e. The number of nitrogen functional groups attached to an aromatic ring is 2. The van der Waals surface area contributed by atoms with Crippen molar-refractivity contribution in [3.8, 4) is 11.4 Å². The molecule has 1 aromatic heterocycles. The summed E-state index contributed by atoms with van der Waals surface area (Å²) < 4.78 is 1.92. The second-order valence-corrected chi connectivity index (χ2v) is 5.96. The van der Waals surface area contributed by atoms with E-state index in [9.17, 15) is 0 Å². The Morgan fingerprint density at radius 3 is 2.71 bits per heavy atom. The summed E-state index contributed by atoms with van der Waals surface area (Å²) in [5, 5.41) is 12.2. The fourth-order valence-corrected chi connectivity index (χ4v) is 3.14. The van der Waals surface area contributed by atoms with Crippen molar-refractivity contribution in [2.24, 2.45) is 0 Å². The van der Waals surface area contributed by atoms with Crippen LogP contribution in [0.5, 0.6) is 0 Å². The highest BCUT2D eigenvalue weighted by molar-refractivity contribution is 5.74. The molecule has 0 amide bonds. The van der Waals surface area contributed by atoms with Gasteiger partial charge in [-0.05, 0) is 47.9 Å². The summed E-state index contributed by atoms with van der Waals surface area (Å²) in [6.07, 6.45) is 3.75. The molecule has 110 valence electrons. The zero-order valence-corrected chi connectivity index (χ0v) is 11.8. The summed E-state index contributed by atoms with van der Waals surface area (Å²) in [4.78, 5) is 2.54. The summed E-state index contributed by atoms with van der Waals surface area (Å²) in [5.41, 5.74) is 13.9. The maximum atomic E-state index is 6.07. The van der Waals surface area contributed by atoms with Crippen LogP contribution >= 0.6 is 0 Å². The lowest BCUT2D eigenvalue weighted by Gasteiger charge is -2.16. The number of tetrazole rings is 1. The van der Waals surface area contributed by atoms with Gasteiger partial charge >= 0.3 is 0 Å². The molecule has 1 saturated heterocycles. The lowest BCUT2D eigenvalue weighted by molar-refractivity contribution is 0.309. The van der Waals surface area contributed by atoms with Crippen molar-refractivity contribution in [3.63, 3.8) is 0 Å². The van der Waals surface area contributed by atoms with Crippen LogP contribution in [-0.4, -0.2) is 44.2 Å². The predicted molar refractivity (Wildman–Crippen MR) is 80.3 cm³/mol. The number of hydrogen-bond acceptors (Lipinski definition) is 6. The minimum absolute atomic E-state index is 0.326. The molecule has 4 N–H and O–H groups in total. The van der Waals surface area contributed by atoms with Crippen LogP contribution in [0.2, 0.25) is 0 Å². The van der Waals surface area contributed by atoms with Crippen molar-refractivity contribution in [2.75, 3.05) is 24.6 Å². The fraction of sp³-hybridized carbons (Fsp3) is 0.500. The Balaban J connectivity index is 1.64. The quantitative estimate of drug-likeness (QED) is 0.813. The standard InChI is InChI=1S/C14H19N7/c15-9-1-4-12(13(16)7-9)14-17-18-19-21(14)11-5-6-20(8-11)10-2-3-10/h1,4,7,10-11H,2-3,5-6,8,15-16H2.